The highest BCUT2D eigenvalue weighted by Crippen LogP contribution is 1.97. The fourth-order valence-corrected chi connectivity index (χ4v) is 0.598. The van der Waals surface area contributed by atoms with Crippen LogP contribution in [-0.4, -0.2) is 11.7 Å². The Morgan fingerprint density at radius 2 is 2.22 bits per heavy atom. The van der Waals surface area contributed by atoms with Gasteiger partial charge in [0.2, 0.25) is 0 Å². The Hall–Kier alpha value is -0.370. The van der Waals surface area contributed by atoms with Crippen LogP contribution in [0.1, 0.15) is 20.8 Å². The highest BCUT2D eigenvalue weighted by molar-refractivity contribution is 7.80. The van der Waals surface area contributed by atoms with Crippen LogP contribution >= 0.6 is 12.2 Å². The third-order valence-electron chi connectivity index (χ3n) is 1.03. The minimum absolute atomic E-state index is 0.611. The van der Waals surface area contributed by atoms with Crippen molar-refractivity contribution >= 4 is 17.3 Å². The van der Waals surface area contributed by atoms with Crippen molar-refractivity contribution in [3.05, 3.63) is 11.6 Å². The van der Waals surface area contributed by atoms with Gasteiger partial charge < -0.3 is 4.74 Å². The molecule has 0 aliphatic carbocycles. The van der Waals surface area contributed by atoms with Gasteiger partial charge in [0.1, 0.15) is 0 Å². The second kappa shape index (κ2) is 4.50. The van der Waals surface area contributed by atoms with Gasteiger partial charge in [0.25, 0.3) is 0 Å². The summed E-state index contributed by atoms with van der Waals surface area (Å²) in [7, 11) is 0. The molecule has 1 nitrogen and oxygen atoms in total. The van der Waals surface area contributed by atoms with E-state index in [-0.39, 0.29) is 0 Å². The number of ether oxygens (including phenoxy) is 1. The fourth-order valence-electron chi connectivity index (χ4n) is 0.363. The Kier molecular flexibility index (Phi) is 4.32. The van der Waals surface area contributed by atoms with Gasteiger partial charge in [0.05, 0.1) is 6.61 Å². The van der Waals surface area contributed by atoms with E-state index >= 15 is 0 Å². The first-order valence-electron chi connectivity index (χ1n) is 3.02. The second-order valence-electron chi connectivity index (χ2n) is 1.69. The highest BCUT2D eigenvalue weighted by Gasteiger charge is 1.94. The number of allylic oxidation sites excluding steroid dienone is 1. The second-order valence-corrected chi connectivity index (χ2v) is 2.06. The summed E-state index contributed by atoms with van der Waals surface area (Å²) in [6.07, 6.45) is 1.94. The zero-order valence-electron chi connectivity index (χ0n) is 6.10. The first-order valence-corrected chi connectivity index (χ1v) is 3.43. The molecule has 9 heavy (non-hydrogen) atoms. The molecule has 0 heterocycles. The lowest BCUT2D eigenvalue weighted by Gasteiger charge is -2.02. The van der Waals surface area contributed by atoms with E-state index in [4.69, 9.17) is 17.0 Å². The lowest BCUT2D eigenvalue weighted by Crippen LogP contribution is -2.01. The van der Waals surface area contributed by atoms with Crippen LogP contribution < -0.4 is 0 Å². The average Bonchev–Trinajstić information content (AvgIpc) is 1.87. The van der Waals surface area contributed by atoms with Crippen LogP contribution in [0.3, 0.4) is 0 Å². The SMILES string of the molecule is C/C=C(\C)C(=S)OCC. The topological polar surface area (TPSA) is 9.23 Å². The molecule has 0 aromatic carbocycles. The molecule has 0 aromatic heterocycles. The van der Waals surface area contributed by atoms with E-state index in [2.05, 4.69) is 0 Å². The van der Waals surface area contributed by atoms with E-state index < -0.39 is 0 Å². The van der Waals surface area contributed by atoms with Crippen LogP contribution in [0.5, 0.6) is 0 Å². The summed E-state index contributed by atoms with van der Waals surface area (Å²) in [5.74, 6) is 0. The Morgan fingerprint density at radius 3 is 2.56 bits per heavy atom. The van der Waals surface area contributed by atoms with Crippen molar-refractivity contribution in [2.45, 2.75) is 20.8 Å². The van der Waals surface area contributed by atoms with Crippen molar-refractivity contribution in [2.24, 2.45) is 0 Å². The predicted molar refractivity (Wildman–Crippen MR) is 43.7 cm³/mol. The minimum Gasteiger partial charge on any atom is -0.483 e. The summed E-state index contributed by atoms with van der Waals surface area (Å²) in [6, 6.07) is 0. The molecule has 0 aliphatic rings. The monoisotopic (exact) mass is 144 g/mol. The van der Waals surface area contributed by atoms with E-state index in [1.807, 2.05) is 26.8 Å². The molecule has 0 atom stereocenters. The first-order chi connectivity index (χ1) is 4.22. The van der Waals surface area contributed by atoms with E-state index in [1.165, 1.54) is 0 Å². The van der Waals surface area contributed by atoms with E-state index in [0.717, 1.165) is 5.57 Å². The molecular formula is C7H12OS. The number of hydrogen-bond acceptors (Lipinski definition) is 2. The summed E-state index contributed by atoms with van der Waals surface area (Å²) in [6.45, 7) is 6.47. The van der Waals surface area contributed by atoms with Crippen molar-refractivity contribution in [3.8, 4) is 0 Å². The van der Waals surface area contributed by atoms with Gasteiger partial charge in [-0.15, -0.1) is 0 Å². The van der Waals surface area contributed by atoms with Crippen LogP contribution in [0.25, 0.3) is 0 Å². The summed E-state index contributed by atoms with van der Waals surface area (Å²) in [5, 5.41) is 0.611. The molecular weight excluding hydrogens is 132 g/mol. The average molecular weight is 144 g/mol. The highest BCUT2D eigenvalue weighted by atomic mass is 32.1. The van der Waals surface area contributed by atoms with Crippen LogP contribution in [0, 0.1) is 0 Å². The molecule has 0 bridgehead atoms. The van der Waals surface area contributed by atoms with Crippen LogP contribution in [-0.2, 0) is 4.74 Å². The standard InChI is InChI=1S/C7H12OS/c1-4-6(3)7(9)8-5-2/h4H,5H2,1-3H3/b6-4+. The molecule has 0 amide bonds. The molecule has 0 N–H and O–H groups in total. The number of thiocarbonyl (C=S) groups is 1. The van der Waals surface area contributed by atoms with Crippen molar-refractivity contribution in [1.82, 2.24) is 0 Å². The fraction of sp³-hybridized carbons (Fsp3) is 0.571. The molecule has 0 rings (SSSR count). The summed E-state index contributed by atoms with van der Waals surface area (Å²) in [4.78, 5) is 0. The molecule has 0 fully saturated rings. The first kappa shape index (κ1) is 8.63. The van der Waals surface area contributed by atoms with E-state index in [9.17, 15) is 0 Å². The van der Waals surface area contributed by atoms with Crippen molar-refractivity contribution in [2.75, 3.05) is 6.61 Å². The summed E-state index contributed by atoms with van der Waals surface area (Å²) >= 11 is 4.88. The quantitative estimate of drug-likeness (QED) is 0.434. The van der Waals surface area contributed by atoms with Crippen LogP contribution in [0.15, 0.2) is 11.6 Å². The van der Waals surface area contributed by atoms with Crippen molar-refractivity contribution < 1.29 is 4.74 Å². The van der Waals surface area contributed by atoms with E-state index in [1.54, 1.807) is 0 Å². The van der Waals surface area contributed by atoms with Gasteiger partial charge in [-0.05, 0) is 38.6 Å². The lowest BCUT2D eigenvalue weighted by molar-refractivity contribution is 0.336. The molecule has 0 spiro atoms. The Morgan fingerprint density at radius 1 is 1.67 bits per heavy atom. The molecule has 0 unspecified atom stereocenters. The number of hydrogen-bond donors (Lipinski definition) is 0. The third-order valence-corrected chi connectivity index (χ3v) is 1.47. The van der Waals surface area contributed by atoms with Crippen molar-refractivity contribution in [3.63, 3.8) is 0 Å². The zero-order valence-corrected chi connectivity index (χ0v) is 6.92. The van der Waals surface area contributed by atoms with E-state index in [0.29, 0.717) is 11.7 Å². The van der Waals surface area contributed by atoms with Gasteiger partial charge in [-0.3, -0.25) is 0 Å². The molecule has 0 aromatic rings. The predicted octanol–water partition coefficient (Wildman–Crippen LogP) is 2.32. The van der Waals surface area contributed by atoms with Gasteiger partial charge in [0.15, 0.2) is 5.05 Å². The van der Waals surface area contributed by atoms with Gasteiger partial charge in [0, 0.05) is 0 Å². The van der Waals surface area contributed by atoms with Gasteiger partial charge in [-0.1, -0.05) is 6.08 Å². The Balaban J connectivity index is 3.74. The van der Waals surface area contributed by atoms with Gasteiger partial charge in [-0.25, -0.2) is 0 Å². The largest absolute Gasteiger partial charge is 0.483 e. The molecule has 0 saturated heterocycles. The Bertz CT molecular complexity index is 127. The smallest absolute Gasteiger partial charge is 0.186 e. The summed E-state index contributed by atoms with van der Waals surface area (Å²) in [5.41, 5.74) is 1.03. The van der Waals surface area contributed by atoms with Crippen LogP contribution in [0.4, 0.5) is 0 Å². The zero-order chi connectivity index (χ0) is 7.28. The maximum atomic E-state index is 5.06. The normalized spacial score (nSPS) is 11.2. The van der Waals surface area contributed by atoms with Crippen LogP contribution in [0.2, 0.25) is 0 Å². The number of rotatable bonds is 2. The maximum Gasteiger partial charge on any atom is 0.186 e. The molecule has 2 heteroatoms. The molecule has 52 valence electrons. The maximum absolute atomic E-state index is 5.06. The Labute approximate surface area is 61.7 Å². The van der Waals surface area contributed by atoms with Crippen molar-refractivity contribution in [1.29, 1.82) is 0 Å². The lowest BCUT2D eigenvalue weighted by atomic mass is 10.3. The minimum atomic E-state index is 0.611. The molecule has 0 saturated carbocycles. The third kappa shape index (κ3) is 3.25. The summed E-state index contributed by atoms with van der Waals surface area (Å²) < 4.78 is 5.06. The van der Waals surface area contributed by atoms with Gasteiger partial charge in [-0.2, -0.15) is 0 Å². The van der Waals surface area contributed by atoms with Gasteiger partial charge >= 0.3 is 0 Å². The molecule has 0 aliphatic heterocycles. The molecule has 0 radical (unpaired) electrons.